The Bertz CT molecular complexity index is 874. The molecule has 0 spiro atoms. The van der Waals surface area contributed by atoms with Crippen LogP contribution in [0.2, 0.25) is 5.02 Å². The Labute approximate surface area is 143 Å². The van der Waals surface area contributed by atoms with Gasteiger partial charge in [-0.3, -0.25) is 9.89 Å². The lowest BCUT2D eigenvalue weighted by atomic mass is 10.1. The van der Waals surface area contributed by atoms with Crippen LogP contribution in [0.3, 0.4) is 0 Å². The molecule has 0 fully saturated rings. The van der Waals surface area contributed by atoms with Gasteiger partial charge in [-0.1, -0.05) is 35.9 Å². The van der Waals surface area contributed by atoms with Crippen LogP contribution in [0.4, 0.5) is 4.39 Å². The molecule has 0 bridgehead atoms. The number of amides is 1. The van der Waals surface area contributed by atoms with Crippen LogP contribution < -0.4 is 5.32 Å². The second kappa shape index (κ2) is 6.84. The number of nitrogens with one attached hydrogen (secondary N) is 2. The summed E-state index contributed by atoms with van der Waals surface area (Å²) in [6.07, 6.45) is 1.47. The Balaban J connectivity index is 1.75. The molecule has 0 atom stereocenters. The number of hydrogen-bond acceptors (Lipinski definition) is 2. The zero-order valence-corrected chi connectivity index (χ0v) is 13.7. The Hall–Kier alpha value is -2.66. The van der Waals surface area contributed by atoms with Crippen molar-refractivity contribution in [2.24, 2.45) is 0 Å². The van der Waals surface area contributed by atoms with Crippen LogP contribution in [0.15, 0.2) is 48.7 Å². The quantitative estimate of drug-likeness (QED) is 0.749. The van der Waals surface area contributed by atoms with Crippen molar-refractivity contribution in [3.8, 4) is 11.3 Å². The minimum absolute atomic E-state index is 0.237. The zero-order chi connectivity index (χ0) is 17.1. The fourth-order valence-electron chi connectivity index (χ4n) is 2.32. The number of nitrogens with zero attached hydrogens (tertiary/aromatic N) is 1. The summed E-state index contributed by atoms with van der Waals surface area (Å²) in [5, 5.41) is 10.2. The van der Waals surface area contributed by atoms with E-state index in [1.165, 1.54) is 12.3 Å². The molecule has 24 heavy (non-hydrogen) atoms. The van der Waals surface area contributed by atoms with E-state index in [-0.39, 0.29) is 18.3 Å². The van der Waals surface area contributed by atoms with Crippen molar-refractivity contribution in [3.63, 3.8) is 0 Å². The van der Waals surface area contributed by atoms with Crippen LogP contribution in [0, 0.1) is 12.7 Å². The second-order valence-corrected chi connectivity index (χ2v) is 5.87. The largest absolute Gasteiger partial charge is 0.348 e. The van der Waals surface area contributed by atoms with E-state index < -0.39 is 0 Å². The lowest BCUT2D eigenvalue weighted by Gasteiger charge is -2.07. The molecule has 1 amide bonds. The number of carbonyl (C=O) groups excluding carboxylic acids is 1. The van der Waals surface area contributed by atoms with Crippen molar-refractivity contribution in [3.05, 3.63) is 76.2 Å². The van der Waals surface area contributed by atoms with E-state index in [4.69, 9.17) is 11.6 Å². The molecule has 0 unspecified atom stereocenters. The maximum absolute atomic E-state index is 13.6. The highest BCUT2D eigenvalue weighted by atomic mass is 35.5. The van der Waals surface area contributed by atoms with Crippen molar-refractivity contribution in [2.75, 3.05) is 0 Å². The average Bonchev–Trinajstić information content (AvgIpc) is 3.06. The number of hydrogen-bond donors (Lipinski definition) is 2. The average molecular weight is 344 g/mol. The smallest absolute Gasteiger partial charge is 0.255 e. The fourth-order valence-corrected chi connectivity index (χ4v) is 2.44. The van der Waals surface area contributed by atoms with E-state index in [0.29, 0.717) is 27.4 Å². The molecule has 4 nitrogen and oxygen atoms in total. The minimum Gasteiger partial charge on any atom is -0.348 e. The standard InChI is InChI=1S/C18H15ClFN3O/c1-11-2-3-12(8-16(11)20)9-21-18(24)15-10-22-23-17(15)13-4-6-14(19)7-5-13/h2-8,10H,9H2,1H3,(H,21,24)(H,22,23). The van der Waals surface area contributed by atoms with Crippen LogP contribution >= 0.6 is 11.6 Å². The third-order valence-electron chi connectivity index (χ3n) is 3.71. The van der Waals surface area contributed by atoms with Gasteiger partial charge < -0.3 is 5.32 Å². The van der Waals surface area contributed by atoms with Gasteiger partial charge in [0.05, 0.1) is 17.5 Å². The number of carbonyl (C=O) groups is 1. The van der Waals surface area contributed by atoms with Crippen LogP contribution in [-0.2, 0) is 6.54 Å². The van der Waals surface area contributed by atoms with Gasteiger partial charge in [0, 0.05) is 17.1 Å². The minimum atomic E-state index is -0.285. The zero-order valence-electron chi connectivity index (χ0n) is 12.9. The van der Waals surface area contributed by atoms with Crippen LogP contribution in [0.25, 0.3) is 11.3 Å². The maximum atomic E-state index is 13.6. The van der Waals surface area contributed by atoms with Crippen molar-refractivity contribution in [2.45, 2.75) is 13.5 Å². The monoisotopic (exact) mass is 343 g/mol. The molecule has 1 aromatic heterocycles. The first kappa shape index (κ1) is 16.2. The molecule has 2 N–H and O–H groups in total. The van der Waals surface area contributed by atoms with E-state index in [1.807, 2.05) is 12.1 Å². The first-order chi connectivity index (χ1) is 11.5. The molecule has 2 aromatic carbocycles. The molecule has 0 saturated carbocycles. The third-order valence-corrected chi connectivity index (χ3v) is 3.96. The van der Waals surface area contributed by atoms with Crippen molar-refractivity contribution >= 4 is 17.5 Å². The molecular formula is C18H15ClFN3O. The Morgan fingerprint density at radius 2 is 2.00 bits per heavy atom. The number of rotatable bonds is 4. The highest BCUT2D eigenvalue weighted by Crippen LogP contribution is 2.23. The molecular weight excluding hydrogens is 329 g/mol. The predicted octanol–water partition coefficient (Wildman–Crippen LogP) is 4.11. The van der Waals surface area contributed by atoms with E-state index >= 15 is 0 Å². The van der Waals surface area contributed by atoms with Gasteiger partial charge in [0.2, 0.25) is 0 Å². The molecule has 122 valence electrons. The molecule has 6 heteroatoms. The highest BCUT2D eigenvalue weighted by molar-refractivity contribution is 6.30. The van der Waals surface area contributed by atoms with Crippen LogP contribution in [-0.4, -0.2) is 16.1 Å². The molecule has 0 saturated heterocycles. The van der Waals surface area contributed by atoms with E-state index in [0.717, 1.165) is 5.56 Å². The van der Waals surface area contributed by atoms with E-state index in [1.54, 1.807) is 31.2 Å². The van der Waals surface area contributed by atoms with Gasteiger partial charge in [-0.25, -0.2) is 4.39 Å². The van der Waals surface area contributed by atoms with Crippen molar-refractivity contribution < 1.29 is 9.18 Å². The number of aromatic nitrogens is 2. The summed E-state index contributed by atoms with van der Waals surface area (Å²) >= 11 is 5.88. The first-order valence-corrected chi connectivity index (χ1v) is 7.75. The van der Waals surface area contributed by atoms with Crippen LogP contribution in [0.1, 0.15) is 21.5 Å². The third kappa shape index (κ3) is 3.46. The summed E-state index contributed by atoms with van der Waals surface area (Å²) in [5.74, 6) is -0.568. The number of aromatic amines is 1. The fraction of sp³-hybridized carbons (Fsp3) is 0.111. The first-order valence-electron chi connectivity index (χ1n) is 7.37. The summed E-state index contributed by atoms with van der Waals surface area (Å²) in [5.41, 5.74) is 3.11. The SMILES string of the molecule is Cc1ccc(CNC(=O)c2cn[nH]c2-c2ccc(Cl)cc2)cc1F. The molecule has 0 aliphatic rings. The highest BCUT2D eigenvalue weighted by Gasteiger charge is 2.15. The summed E-state index contributed by atoms with van der Waals surface area (Å²) in [6, 6.07) is 12.0. The molecule has 0 aliphatic carbocycles. The van der Waals surface area contributed by atoms with Crippen LogP contribution in [0.5, 0.6) is 0 Å². The van der Waals surface area contributed by atoms with Gasteiger partial charge in [-0.05, 0) is 36.2 Å². The lowest BCUT2D eigenvalue weighted by molar-refractivity contribution is 0.0951. The maximum Gasteiger partial charge on any atom is 0.255 e. The predicted molar refractivity (Wildman–Crippen MR) is 91.3 cm³/mol. The number of aryl methyl sites for hydroxylation is 1. The molecule has 0 aliphatic heterocycles. The Morgan fingerprint density at radius 3 is 2.71 bits per heavy atom. The number of halogens is 2. The lowest BCUT2D eigenvalue weighted by Crippen LogP contribution is -2.23. The summed E-state index contributed by atoms with van der Waals surface area (Å²) in [7, 11) is 0. The molecule has 1 heterocycles. The topological polar surface area (TPSA) is 57.8 Å². The van der Waals surface area contributed by atoms with E-state index in [2.05, 4.69) is 15.5 Å². The Kier molecular flexibility index (Phi) is 4.62. The number of H-pyrrole nitrogens is 1. The van der Waals surface area contributed by atoms with Gasteiger partial charge in [0.1, 0.15) is 5.82 Å². The molecule has 0 radical (unpaired) electrons. The van der Waals surface area contributed by atoms with Gasteiger partial charge in [-0.15, -0.1) is 0 Å². The Morgan fingerprint density at radius 1 is 1.25 bits per heavy atom. The number of benzene rings is 2. The normalized spacial score (nSPS) is 10.6. The van der Waals surface area contributed by atoms with E-state index in [9.17, 15) is 9.18 Å². The van der Waals surface area contributed by atoms with Crippen molar-refractivity contribution in [1.82, 2.24) is 15.5 Å². The van der Waals surface area contributed by atoms with Crippen molar-refractivity contribution in [1.29, 1.82) is 0 Å². The second-order valence-electron chi connectivity index (χ2n) is 5.43. The van der Waals surface area contributed by atoms with Gasteiger partial charge in [0.25, 0.3) is 5.91 Å². The molecule has 3 aromatic rings. The summed E-state index contributed by atoms with van der Waals surface area (Å²) in [6.45, 7) is 1.93. The van der Waals surface area contributed by atoms with Gasteiger partial charge in [0.15, 0.2) is 0 Å². The van der Waals surface area contributed by atoms with Gasteiger partial charge in [-0.2, -0.15) is 5.10 Å². The summed E-state index contributed by atoms with van der Waals surface area (Å²) in [4.78, 5) is 12.4. The van der Waals surface area contributed by atoms with Gasteiger partial charge >= 0.3 is 0 Å². The summed E-state index contributed by atoms with van der Waals surface area (Å²) < 4.78 is 13.6. The molecule has 3 rings (SSSR count).